The van der Waals surface area contributed by atoms with E-state index in [-0.39, 0.29) is 27.1 Å². The van der Waals surface area contributed by atoms with Gasteiger partial charge in [-0.25, -0.2) is 0 Å². The summed E-state index contributed by atoms with van der Waals surface area (Å²) in [5.41, 5.74) is 0.484. The molecule has 8 heteroatoms. The molecule has 0 unspecified atom stereocenters. The molecule has 1 aliphatic rings. The summed E-state index contributed by atoms with van der Waals surface area (Å²) in [5.74, 6) is -2.46. The van der Waals surface area contributed by atoms with E-state index in [2.05, 4.69) is 0 Å². The van der Waals surface area contributed by atoms with Crippen LogP contribution >= 0.6 is 24.0 Å². The first-order valence-corrected chi connectivity index (χ1v) is 7.57. The van der Waals surface area contributed by atoms with Crippen LogP contribution < -0.4 is 5.11 Å². The number of benzene rings is 1. The van der Waals surface area contributed by atoms with Crippen LogP contribution in [0.4, 0.5) is 0 Å². The molecule has 0 aliphatic carbocycles. The number of carboxylic acid groups (broad SMARTS) is 1. The van der Waals surface area contributed by atoms with Crippen LogP contribution in [0.25, 0.3) is 6.08 Å². The zero-order chi connectivity index (χ0) is 16.4. The first kappa shape index (κ1) is 16.3. The molecule has 1 aromatic rings. The van der Waals surface area contributed by atoms with Gasteiger partial charge in [0, 0.05) is 0 Å². The van der Waals surface area contributed by atoms with E-state index in [1.807, 2.05) is 0 Å². The monoisotopic (exact) mass is 338 g/mol. The zero-order valence-corrected chi connectivity index (χ0v) is 13.1. The first-order valence-electron chi connectivity index (χ1n) is 6.35. The van der Waals surface area contributed by atoms with Gasteiger partial charge in [0.1, 0.15) is 4.32 Å². The van der Waals surface area contributed by atoms with Gasteiger partial charge in [0.15, 0.2) is 11.5 Å². The Morgan fingerprint density at radius 2 is 2.14 bits per heavy atom. The van der Waals surface area contributed by atoms with Crippen molar-refractivity contribution in [3.63, 3.8) is 0 Å². The number of rotatable bonds is 4. The van der Waals surface area contributed by atoms with Crippen LogP contribution in [0.1, 0.15) is 18.9 Å². The fourth-order valence-corrected chi connectivity index (χ4v) is 3.34. The van der Waals surface area contributed by atoms with Crippen LogP contribution in [0.5, 0.6) is 11.5 Å². The number of amides is 1. The third-order valence-electron chi connectivity index (χ3n) is 3.09. The van der Waals surface area contributed by atoms with E-state index in [0.29, 0.717) is 5.56 Å². The lowest BCUT2D eigenvalue weighted by Crippen LogP contribution is -2.49. The van der Waals surface area contributed by atoms with Gasteiger partial charge in [0.25, 0.3) is 5.91 Å². The molecule has 6 nitrogen and oxygen atoms in total. The molecule has 116 valence electrons. The van der Waals surface area contributed by atoms with Crippen LogP contribution in [-0.2, 0) is 9.59 Å². The quantitative estimate of drug-likeness (QED) is 0.476. The molecule has 1 aromatic carbocycles. The van der Waals surface area contributed by atoms with Crippen molar-refractivity contribution in [2.75, 3.05) is 0 Å². The number of carboxylic acids is 1. The van der Waals surface area contributed by atoms with E-state index in [4.69, 9.17) is 12.2 Å². The van der Waals surface area contributed by atoms with Gasteiger partial charge in [0.05, 0.1) is 16.9 Å². The van der Waals surface area contributed by atoms with Gasteiger partial charge in [-0.3, -0.25) is 9.69 Å². The van der Waals surface area contributed by atoms with Gasteiger partial charge < -0.3 is 20.1 Å². The highest BCUT2D eigenvalue weighted by atomic mass is 32.2. The summed E-state index contributed by atoms with van der Waals surface area (Å²) in [5, 5.41) is 29.8. The molecule has 22 heavy (non-hydrogen) atoms. The fourth-order valence-electron chi connectivity index (χ4n) is 1.98. The lowest BCUT2D eigenvalue weighted by molar-refractivity contribution is -0.310. The van der Waals surface area contributed by atoms with Crippen LogP contribution in [0.15, 0.2) is 23.1 Å². The predicted molar refractivity (Wildman–Crippen MR) is 83.9 cm³/mol. The molecule has 0 saturated carbocycles. The summed E-state index contributed by atoms with van der Waals surface area (Å²) in [6.07, 6.45) is 1.66. The van der Waals surface area contributed by atoms with Crippen LogP contribution in [-0.4, -0.2) is 37.4 Å². The average molecular weight is 338 g/mol. The lowest BCUT2D eigenvalue weighted by Gasteiger charge is -2.26. The summed E-state index contributed by atoms with van der Waals surface area (Å²) in [6.45, 7) is 1.63. The van der Waals surface area contributed by atoms with Crippen LogP contribution in [0.3, 0.4) is 0 Å². The maximum absolute atomic E-state index is 12.3. The van der Waals surface area contributed by atoms with E-state index >= 15 is 0 Å². The molecule has 0 radical (unpaired) electrons. The third-order valence-corrected chi connectivity index (χ3v) is 4.42. The summed E-state index contributed by atoms with van der Waals surface area (Å²) in [6, 6.07) is 2.99. The Hall–Kier alpha value is -2.06. The maximum Gasteiger partial charge on any atom is 0.266 e. The number of thiocarbonyl (C=S) groups is 1. The Morgan fingerprint density at radius 1 is 1.45 bits per heavy atom. The summed E-state index contributed by atoms with van der Waals surface area (Å²) in [4.78, 5) is 24.7. The molecule has 2 N–H and O–H groups in total. The van der Waals surface area contributed by atoms with Gasteiger partial charge in [-0.2, -0.15) is 0 Å². The van der Waals surface area contributed by atoms with E-state index < -0.39 is 17.9 Å². The molecule has 1 amide bonds. The van der Waals surface area contributed by atoms with Crippen molar-refractivity contribution >= 4 is 46.3 Å². The van der Waals surface area contributed by atoms with Gasteiger partial charge in [0.2, 0.25) is 0 Å². The maximum atomic E-state index is 12.3. The Morgan fingerprint density at radius 3 is 2.68 bits per heavy atom. The molecule has 1 fully saturated rings. The minimum atomic E-state index is -1.36. The highest BCUT2D eigenvalue weighted by Gasteiger charge is 2.36. The summed E-state index contributed by atoms with van der Waals surface area (Å²) < 4.78 is 0.148. The molecule has 2 rings (SSSR count). The molecule has 1 saturated heterocycles. The molecule has 0 bridgehead atoms. The molecular formula is C14H12NO5S2-. The van der Waals surface area contributed by atoms with Crippen LogP contribution in [0, 0.1) is 0 Å². The molecule has 1 atom stereocenters. The van der Waals surface area contributed by atoms with Gasteiger partial charge >= 0.3 is 0 Å². The van der Waals surface area contributed by atoms with Crippen molar-refractivity contribution in [1.82, 2.24) is 4.90 Å². The molecular weight excluding hydrogens is 326 g/mol. The number of hydrogen-bond acceptors (Lipinski definition) is 7. The van der Waals surface area contributed by atoms with Gasteiger partial charge in [-0.05, 0) is 30.2 Å². The second-order valence-corrected chi connectivity index (χ2v) is 6.22. The Bertz CT molecular complexity index is 686. The first-order chi connectivity index (χ1) is 10.3. The van der Waals surface area contributed by atoms with E-state index in [9.17, 15) is 24.9 Å². The van der Waals surface area contributed by atoms with Crippen molar-refractivity contribution in [3.8, 4) is 11.5 Å². The van der Waals surface area contributed by atoms with Crippen LogP contribution in [0.2, 0.25) is 0 Å². The van der Waals surface area contributed by atoms with Gasteiger partial charge in [-0.1, -0.05) is 37.0 Å². The van der Waals surface area contributed by atoms with Crippen molar-refractivity contribution in [1.29, 1.82) is 0 Å². The minimum Gasteiger partial charge on any atom is -0.548 e. The van der Waals surface area contributed by atoms with E-state index in [1.165, 1.54) is 24.3 Å². The van der Waals surface area contributed by atoms with Gasteiger partial charge in [-0.15, -0.1) is 0 Å². The fraction of sp³-hybridized carbons (Fsp3) is 0.214. The van der Waals surface area contributed by atoms with Crippen molar-refractivity contribution in [2.45, 2.75) is 19.4 Å². The summed E-state index contributed by atoms with van der Waals surface area (Å²) >= 11 is 6.05. The predicted octanol–water partition coefficient (Wildman–Crippen LogP) is 0.828. The number of phenols is 2. The Labute approximate surface area is 136 Å². The highest BCUT2D eigenvalue weighted by Crippen LogP contribution is 2.35. The van der Waals surface area contributed by atoms with Crippen molar-refractivity contribution in [3.05, 3.63) is 28.7 Å². The number of aliphatic carboxylic acids is 1. The zero-order valence-electron chi connectivity index (χ0n) is 11.5. The molecule has 1 heterocycles. The molecule has 0 spiro atoms. The number of nitrogens with zero attached hydrogens (tertiary/aromatic N) is 1. The van der Waals surface area contributed by atoms with Crippen molar-refractivity contribution < 1.29 is 24.9 Å². The van der Waals surface area contributed by atoms with Crippen molar-refractivity contribution in [2.24, 2.45) is 0 Å². The standard InChI is InChI=1S/C14H13NO5S2/c1-2-8(13(19)20)15-12(18)11(22-14(15)21)6-7-3-4-9(16)10(17)5-7/h3-6,8,16-17H,2H2,1H3,(H,19,20)/p-1/b11-6+/t8-/m0/s1. The molecule has 1 aliphatic heterocycles. The molecule has 0 aromatic heterocycles. The highest BCUT2D eigenvalue weighted by molar-refractivity contribution is 8.26. The lowest BCUT2D eigenvalue weighted by atomic mass is 10.1. The number of hydrogen-bond donors (Lipinski definition) is 2. The smallest absolute Gasteiger partial charge is 0.266 e. The average Bonchev–Trinajstić information content (AvgIpc) is 2.71. The largest absolute Gasteiger partial charge is 0.548 e. The van der Waals surface area contributed by atoms with E-state index in [0.717, 1.165) is 16.7 Å². The third kappa shape index (κ3) is 3.07. The number of aromatic hydroxyl groups is 2. The SMILES string of the molecule is CC[C@@H](C(=O)[O-])N1C(=O)/C(=C\c2ccc(O)c(O)c2)SC1=S. The Balaban J connectivity index is 2.33. The van der Waals surface area contributed by atoms with E-state index in [1.54, 1.807) is 6.92 Å². The summed E-state index contributed by atoms with van der Waals surface area (Å²) in [7, 11) is 0. The Kier molecular flexibility index (Phi) is 4.72. The topological polar surface area (TPSA) is 101 Å². The second kappa shape index (κ2) is 6.37. The number of carbonyl (C=O) groups is 2. The minimum absolute atomic E-state index is 0.148. The number of carbonyl (C=O) groups excluding carboxylic acids is 2. The normalized spacial score (nSPS) is 18.0. The second-order valence-electron chi connectivity index (χ2n) is 4.54. The number of phenolic OH excluding ortho intramolecular Hbond substituents is 2. The number of thioether (sulfide) groups is 1.